The first-order chi connectivity index (χ1) is 11.1. The molecule has 0 saturated carbocycles. The van der Waals surface area contributed by atoms with Crippen molar-refractivity contribution in [1.82, 2.24) is 14.5 Å². The molecule has 0 radical (unpaired) electrons. The summed E-state index contributed by atoms with van der Waals surface area (Å²) in [5.74, 6) is 1.05. The third-order valence-corrected chi connectivity index (χ3v) is 5.04. The van der Waals surface area contributed by atoms with Crippen LogP contribution < -0.4 is 0 Å². The number of rotatable bonds is 2. The van der Waals surface area contributed by atoms with Gasteiger partial charge in [0, 0.05) is 47.2 Å². The van der Waals surface area contributed by atoms with Crippen molar-refractivity contribution in [3.05, 3.63) is 53.4 Å². The van der Waals surface area contributed by atoms with E-state index in [9.17, 15) is 4.79 Å². The third kappa shape index (κ3) is 2.41. The maximum atomic E-state index is 12.8. The number of pyridine rings is 1. The van der Waals surface area contributed by atoms with Gasteiger partial charge in [-0.05, 0) is 24.0 Å². The van der Waals surface area contributed by atoms with Gasteiger partial charge in [0.25, 0.3) is 0 Å². The Hall–Kier alpha value is -2.27. The summed E-state index contributed by atoms with van der Waals surface area (Å²) in [7, 11) is 0. The van der Waals surface area contributed by atoms with Crippen LogP contribution in [0.4, 0.5) is 0 Å². The molecule has 0 aliphatic heterocycles. The highest BCUT2D eigenvalue weighted by atomic mass is 32.1. The van der Waals surface area contributed by atoms with Crippen LogP contribution in [-0.2, 0) is 6.42 Å². The smallest absolute Gasteiger partial charge is 0.165 e. The molecule has 0 aromatic carbocycles. The minimum atomic E-state index is -0.0326. The largest absolute Gasteiger partial charge is 0.304 e. The second-order valence-electron chi connectivity index (χ2n) is 6.70. The van der Waals surface area contributed by atoms with Gasteiger partial charge in [0.05, 0.1) is 0 Å². The van der Waals surface area contributed by atoms with Crippen molar-refractivity contribution in [2.75, 3.05) is 0 Å². The number of carbonyl (C=O) groups excluding carboxylic acids is 1. The van der Waals surface area contributed by atoms with Crippen molar-refractivity contribution in [2.24, 2.45) is 5.41 Å². The quantitative estimate of drug-likeness (QED) is 0.712. The van der Waals surface area contributed by atoms with Crippen LogP contribution in [0.1, 0.15) is 36.3 Å². The van der Waals surface area contributed by atoms with E-state index in [1.807, 2.05) is 29.8 Å². The maximum absolute atomic E-state index is 12.8. The number of fused-ring (bicyclic) bond motifs is 1. The molecule has 0 spiro atoms. The minimum Gasteiger partial charge on any atom is -0.304 e. The summed E-state index contributed by atoms with van der Waals surface area (Å²) in [5.41, 5.74) is 2.77. The van der Waals surface area contributed by atoms with Gasteiger partial charge in [0.2, 0.25) is 0 Å². The van der Waals surface area contributed by atoms with Gasteiger partial charge in [-0.25, -0.2) is 9.97 Å². The van der Waals surface area contributed by atoms with Crippen molar-refractivity contribution >= 4 is 17.1 Å². The molecule has 0 amide bonds. The van der Waals surface area contributed by atoms with Crippen LogP contribution in [-0.4, -0.2) is 20.3 Å². The lowest BCUT2D eigenvalue weighted by Crippen LogP contribution is -2.28. The molecule has 4 nitrogen and oxygen atoms in total. The SMILES string of the molecule is CC1(C)CC(=O)c2c(-c3nccs3)cn(-c3ccccn3)c2C1. The van der Waals surface area contributed by atoms with Gasteiger partial charge >= 0.3 is 0 Å². The summed E-state index contributed by atoms with van der Waals surface area (Å²) in [4.78, 5) is 21.7. The zero-order valence-electron chi connectivity index (χ0n) is 13.1. The third-order valence-electron chi connectivity index (χ3n) is 4.23. The summed E-state index contributed by atoms with van der Waals surface area (Å²) in [6.07, 6.45) is 7.01. The van der Waals surface area contributed by atoms with E-state index < -0.39 is 0 Å². The molecule has 3 aromatic heterocycles. The molecule has 0 unspecified atom stereocenters. The zero-order valence-corrected chi connectivity index (χ0v) is 13.9. The standard InChI is InChI=1S/C18H17N3OS/c1-18(2)9-13-16(14(22)10-18)12(17-20-7-8-23-17)11-21(13)15-5-3-4-6-19-15/h3-8,11H,9-10H2,1-2H3. The Morgan fingerprint density at radius 2 is 2.04 bits per heavy atom. The molecule has 0 saturated heterocycles. The van der Waals surface area contributed by atoms with E-state index in [1.165, 1.54) is 0 Å². The molecule has 0 fully saturated rings. The lowest BCUT2D eigenvalue weighted by Gasteiger charge is -2.29. The van der Waals surface area contributed by atoms with Gasteiger partial charge in [-0.15, -0.1) is 11.3 Å². The van der Waals surface area contributed by atoms with Gasteiger partial charge in [-0.1, -0.05) is 19.9 Å². The Morgan fingerprint density at radius 1 is 1.17 bits per heavy atom. The van der Waals surface area contributed by atoms with E-state index in [-0.39, 0.29) is 11.2 Å². The predicted octanol–water partition coefficient (Wildman–Crippen LogP) is 4.15. The molecule has 0 N–H and O–H groups in total. The summed E-state index contributed by atoms with van der Waals surface area (Å²) in [6.45, 7) is 4.29. The van der Waals surface area contributed by atoms with Gasteiger partial charge in [0.1, 0.15) is 10.8 Å². The van der Waals surface area contributed by atoms with E-state index in [0.29, 0.717) is 6.42 Å². The fourth-order valence-electron chi connectivity index (χ4n) is 3.29. The van der Waals surface area contributed by atoms with Gasteiger partial charge in [-0.3, -0.25) is 4.79 Å². The van der Waals surface area contributed by atoms with Crippen molar-refractivity contribution in [1.29, 1.82) is 0 Å². The van der Waals surface area contributed by atoms with Crippen LogP contribution in [0.15, 0.2) is 42.2 Å². The van der Waals surface area contributed by atoms with Crippen molar-refractivity contribution < 1.29 is 4.79 Å². The molecule has 116 valence electrons. The number of Topliss-reactive ketones (excluding diaryl/α,β-unsaturated/α-hetero) is 1. The molecule has 3 heterocycles. The highest BCUT2D eigenvalue weighted by Crippen LogP contribution is 2.41. The first-order valence-electron chi connectivity index (χ1n) is 7.64. The molecule has 23 heavy (non-hydrogen) atoms. The second-order valence-corrected chi connectivity index (χ2v) is 7.60. The summed E-state index contributed by atoms with van der Waals surface area (Å²) < 4.78 is 2.06. The Kier molecular flexibility index (Phi) is 3.20. The monoisotopic (exact) mass is 323 g/mol. The zero-order chi connectivity index (χ0) is 16.0. The van der Waals surface area contributed by atoms with E-state index in [0.717, 1.165) is 34.1 Å². The van der Waals surface area contributed by atoms with Gasteiger partial charge < -0.3 is 4.57 Å². The molecule has 3 aromatic rings. The first-order valence-corrected chi connectivity index (χ1v) is 8.52. The summed E-state index contributed by atoms with van der Waals surface area (Å²) >= 11 is 1.56. The number of nitrogens with zero attached hydrogens (tertiary/aromatic N) is 3. The molecule has 1 aliphatic rings. The Morgan fingerprint density at radius 3 is 2.74 bits per heavy atom. The number of aromatic nitrogens is 3. The average molecular weight is 323 g/mol. The van der Waals surface area contributed by atoms with Crippen LogP contribution in [0.2, 0.25) is 0 Å². The fraction of sp³-hybridized carbons (Fsp3) is 0.278. The topological polar surface area (TPSA) is 47.8 Å². The van der Waals surface area contributed by atoms with Crippen molar-refractivity contribution in [3.8, 4) is 16.4 Å². The molecule has 5 heteroatoms. The maximum Gasteiger partial charge on any atom is 0.165 e. The average Bonchev–Trinajstić information content (AvgIpc) is 3.14. The van der Waals surface area contributed by atoms with Gasteiger partial charge in [0.15, 0.2) is 5.78 Å². The molecule has 1 aliphatic carbocycles. The van der Waals surface area contributed by atoms with Crippen molar-refractivity contribution in [3.63, 3.8) is 0 Å². The highest BCUT2D eigenvalue weighted by molar-refractivity contribution is 7.13. The molecule has 0 atom stereocenters. The predicted molar refractivity (Wildman–Crippen MR) is 91.1 cm³/mol. The first kappa shape index (κ1) is 14.3. The Bertz CT molecular complexity index is 863. The van der Waals surface area contributed by atoms with Crippen LogP contribution in [0, 0.1) is 5.41 Å². The Labute approximate surface area is 138 Å². The van der Waals surface area contributed by atoms with Crippen LogP contribution >= 0.6 is 11.3 Å². The molecule has 0 bridgehead atoms. The normalized spacial score (nSPS) is 16.3. The van der Waals surface area contributed by atoms with Crippen LogP contribution in [0.3, 0.4) is 0 Å². The van der Waals surface area contributed by atoms with Gasteiger partial charge in [-0.2, -0.15) is 0 Å². The fourth-order valence-corrected chi connectivity index (χ4v) is 3.94. The lowest BCUT2D eigenvalue weighted by molar-refractivity contribution is 0.0911. The summed E-state index contributed by atoms with van der Waals surface area (Å²) in [5, 5.41) is 2.83. The van der Waals surface area contributed by atoms with E-state index in [4.69, 9.17) is 0 Å². The van der Waals surface area contributed by atoms with E-state index in [2.05, 4.69) is 28.4 Å². The number of hydrogen-bond donors (Lipinski definition) is 0. The second kappa shape index (κ2) is 5.13. The number of thiazole rings is 1. The summed E-state index contributed by atoms with van der Waals surface area (Å²) in [6, 6.07) is 5.84. The molecule has 4 rings (SSSR count). The molecular weight excluding hydrogens is 306 g/mol. The van der Waals surface area contributed by atoms with Crippen LogP contribution in [0.5, 0.6) is 0 Å². The Balaban J connectivity index is 1.98. The lowest BCUT2D eigenvalue weighted by atomic mass is 9.75. The number of hydrogen-bond acceptors (Lipinski definition) is 4. The van der Waals surface area contributed by atoms with E-state index >= 15 is 0 Å². The number of carbonyl (C=O) groups is 1. The molecular formula is C18H17N3OS. The van der Waals surface area contributed by atoms with Crippen molar-refractivity contribution in [2.45, 2.75) is 26.7 Å². The minimum absolute atomic E-state index is 0.0326. The van der Waals surface area contributed by atoms with E-state index in [1.54, 1.807) is 23.7 Å². The highest BCUT2D eigenvalue weighted by Gasteiger charge is 2.36. The number of ketones is 1. The van der Waals surface area contributed by atoms with Crippen LogP contribution in [0.25, 0.3) is 16.4 Å².